The summed E-state index contributed by atoms with van der Waals surface area (Å²) < 4.78 is 32.2. The topological polar surface area (TPSA) is 41.6 Å². The molecule has 1 fully saturated rings. The number of benzene rings is 2. The van der Waals surface area contributed by atoms with E-state index >= 15 is 0 Å². The molecule has 2 aromatic rings. The number of carbonyl (C=O) groups is 1. The number of hydrogen-bond donors (Lipinski definition) is 1. The average Bonchev–Trinajstić information content (AvgIpc) is 2.97. The zero-order chi connectivity index (χ0) is 17.8. The van der Waals surface area contributed by atoms with Crippen LogP contribution in [0.1, 0.15) is 18.0 Å². The van der Waals surface area contributed by atoms with Gasteiger partial charge in [-0.25, -0.2) is 8.78 Å². The van der Waals surface area contributed by atoms with Crippen LogP contribution in [0.25, 0.3) is 0 Å². The largest absolute Gasteiger partial charge is 0.484 e. The molecule has 1 heterocycles. The molecule has 1 saturated heterocycles. The average molecular weight is 346 g/mol. The van der Waals surface area contributed by atoms with E-state index in [4.69, 9.17) is 4.74 Å². The van der Waals surface area contributed by atoms with Gasteiger partial charge in [0.05, 0.1) is 6.04 Å². The molecule has 0 bridgehead atoms. The van der Waals surface area contributed by atoms with Crippen LogP contribution in [-0.4, -0.2) is 37.0 Å². The van der Waals surface area contributed by atoms with Gasteiger partial charge in [0.25, 0.3) is 5.91 Å². The molecule has 0 saturated carbocycles. The molecule has 0 aliphatic carbocycles. The number of likely N-dealkylation sites (tertiary alicyclic amines) is 1. The predicted molar refractivity (Wildman–Crippen MR) is 90.2 cm³/mol. The molecule has 1 aliphatic heterocycles. The molecule has 25 heavy (non-hydrogen) atoms. The minimum atomic E-state index is -0.879. The van der Waals surface area contributed by atoms with E-state index in [1.165, 1.54) is 6.07 Å². The number of para-hydroxylation sites is 1. The number of ether oxygens (including phenoxy) is 1. The number of carbonyl (C=O) groups excluding carboxylic acids is 1. The zero-order valence-electron chi connectivity index (χ0n) is 13.9. The Bertz CT molecular complexity index is 739. The summed E-state index contributed by atoms with van der Waals surface area (Å²) in [6.07, 6.45) is 0.733. The van der Waals surface area contributed by atoms with Gasteiger partial charge in [0.1, 0.15) is 5.75 Å². The number of amides is 1. The van der Waals surface area contributed by atoms with Crippen LogP contribution in [0.3, 0.4) is 0 Å². The van der Waals surface area contributed by atoms with Gasteiger partial charge < -0.3 is 10.1 Å². The Labute approximate surface area is 145 Å². The van der Waals surface area contributed by atoms with Crippen molar-refractivity contribution < 1.29 is 18.3 Å². The van der Waals surface area contributed by atoms with Crippen molar-refractivity contribution >= 4 is 5.91 Å². The molecular weight excluding hydrogens is 326 g/mol. The van der Waals surface area contributed by atoms with Gasteiger partial charge in [0.15, 0.2) is 18.2 Å². The molecule has 1 amide bonds. The van der Waals surface area contributed by atoms with Gasteiger partial charge in [-0.1, -0.05) is 24.3 Å². The van der Waals surface area contributed by atoms with E-state index in [0.717, 1.165) is 19.0 Å². The van der Waals surface area contributed by atoms with E-state index in [1.807, 2.05) is 30.1 Å². The fraction of sp³-hybridized carbons (Fsp3) is 0.316. The van der Waals surface area contributed by atoms with Crippen molar-refractivity contribution in [3.8, 4) is 5.75 Å². The Morgan fingerprint density at radius 1 is 1.20 bits per heavy atom. The third kappa shape index (κ3) is 4.14. The highest BCUT2D eigenvalue weighted by atomic mass is 19.2. The van der Waals surface area contributed by atoms with E-state index in [2.05, 4.69) is 5.32 Å². The van der Waals surface area contributed by atoms with Crippen molar-refractivity contribution in [1.82, 2.24) is 10.2 Å². The molecular formula is C19H20F2N2O2. The predicted octanol–water partition coefficient (Wildman–Crippen LogP) is 2.91. The zero-order valence-corrected chi connectivity index (χ0v) is 13.9. The SMILES string of the molecule is CN1CCC(NC(=O)COc2ccccc2)C1c1ccc(F)c(F)c1. The van der Waals surface area contributed by atoms with Gasteiger partial charge in [-0.2, -0.15) is 0 Å². The van der Waals surface area contributed by atoms with Crippen LogP contribution in [0.15, 0.2) is 48.5 Å². The number of rotatable bonds is 5. The van der Waals surface area contributed by atoms with Crippen molar-refractivity contribution in [2.24, 2.45) is 0 Å². The minimum absolute atomic E-state index is 0.0886. The van der Waals surface area contributed by atoms with E-state index in [1.54, 1.807) is 18.2 Å². The van der Waals surface area contributed by atoms with Gasteiger partial charge in [0, 0.05) is 12.6 Å². The standard InChI is InChI=1S/C19H20F2N2O2/c1-23-10-9-17(19(23)13-7-8-15(20)16(21)11-13)22-18(24)12-25-14-5-3-2-4-6-14/h2-8,11,17,19H,9-10,12H2,1H3,(H,22,24). The number of hydrogen-bond acceptors (Lipinski definition) is 3. The quantitative estimate of drug-likeness (QED) is 0.905. The van der Waals surface area contributed by atoms with E-state index in [-0.39, 0.29) is 24.6 Å². The van der Waals surface area contributed by atoms with Crippen molar-refractivity contribution in [3.63, 3.8) is 0 Å². The van der Waals surface area contributed by atoms with E-state index < -0.39 is 11.6 Å². The second-order valence-corrected chi connectivity index (χ2v) is 6.16. The molecule has 2 aromatic carbocycles. The molecule has 1 aliphatic rings. The van der Waals surface area contributed by atoms with Gasteiger partial charge in [-0.3, -0.25) is 9.69 Å². The maximum atomic E-state index is 13.6. The lowest BCUT2D eigenvalue weighted by molar-refractivity contribution is -0.124. The molecule has 1 N–H and O–H groups in total. The Balaban J connectivity index is 1.64. The molecule has 4 nitrogen and oxygen atoms in total. The molecule has 6 heteroatoms. The lowest BCUT2D eigenvalue weighted by atomic mass is 10.00. The van der Waals surface area contributed by atoms with Crippen LogP contribution in [0.2, 0.25) is 0 Å². The summed E-state index contributed by atoms with van der Waals surface area (Å²) in [5.74, 6) is -1.37. The first-order chi connectivity index (χ1) is 12.0. The van der Waals surface area contributed by atoms with Crippen LogP contribution in [-0.2, 0) is 4.79 Å². The summed E-state index contributed by atoms with van der Waals surface area (Å²) in [5, 5.41) is 2.94. The summed E-state index contributed by atoms with van der Waals surface area (Å²) in [5.41, 5.74) is 0.646. The highest BCUT2D eigenvalue weighted by Gasteiger charge is 2.34. The maximum Gasteiger partial charge on any atom is 0.258 e. The van der Waals surface area contributed by atoms with Gasteiger partial charge in [-0.05, 0) is 43.3 Å². The van der Waals surface area contributed by atoms with Crippen LogP contribution >= 0.6 is 0 Å². The fourth-order valence-corrected chi connectivity index (χ4v) is 3.20. The second kappa shape index (κ2) is 7.61. The summed E-state index contributed by atoms with van der Waals surface area (Å²) in [4.78, 5) is 14.2. The van der Waals surface area contributed by atoms with Crippen molar-refractivity contribution in [2.75, 3.05) is 20.2 Å². The number of nitrogens with zero attached hydrogens (tertiary/aromatic N) is 1. The first-order valence-corrected chi connectivity index (χ1v) is 8.17. The highest BCUT2D eigenvalue weighted by molar-refractivity contribution is 5.78. The van der Waals surface area contributed by atoms with Gasteiger partial charge >= 0.3 is 0 Å². The lowest BCUT2D eigenvalue weighted by Gasteiger charge is -2.26. The monoisotopic (exact) mass is 346 g/mol. The Morgan fingerprint density at radius 3 is 2.68 bits per heavy atom. The second-order valence-electron chi connectivity index (χ2n) is 6.16. The molecule has 132 valence electrons. The molecule has 3 rings (SSSR count). The van der Waals surface area contributed by atoms with Crippen molar-refractivity contribution in [2.45, 2.75) is 18.5 Å². The summed E-state index contributed by atoms with van der Waals surface area (Å²) in [6.45, 7) is 0.670. The van der Waals surface area contributed by atoms with Crippen LogP contribution in [0, 0.1) is 11.6 Å². The van der Waals surface area contributed by atoms with Crippen LogP contribution in [0.4, 0.5) is 8.78 Å². The Kier molecular flexibility index (Phi) is 5.28. The Hall–Kier alpha value is -2.47. The molecule has 2 unspecified atom stereocenters. The fourth-order valence-electron chi connectivity index (χ4n) is 3.20. The number of nitrogens with one attached hydrogen (secondary N) is 1. The van der Waals surface area contributed by atoms with Crippen molar-refractivity contribution in [1.29, 1.82) is 0 Å². The van der Waals surface area contributed by atoms with Crippen LogP contribution in [0.5, 0.6) is 5.75 Å². The molecule has 0 spiro atoms. The summed E-state index contributed by atoms with van der Waals surface area (Å²) in [6, 6.07) is 12.6. The van der Waals surface area contributed by atoms with Gasteiger partial charge in [0.2, 0.25) is 0 Å². The first kappa shape index (κ1) is 17.4. The molecule has 2 atom stereocenters. The van der Waals surface area contributed by atoms with Gasteiger partial charge in [-0.15, -0.1) is 0 Å². The summed E-state index contributed by atoms with van der Waals surface area (Å²) >= 11 is 0. The normalized spacial score (nSPS) is 20.4. The minimum Gasteiger partial charge on any atom is -0.484 e. The smallest absolute Gasteiger partial charge is 0.258 e. The van der Waals surface area contributed by atoms with E-state index in [9.17, 15) is 13.6 Å². The third-order valence-corrected chi connectivity index (χ3v) is 4.39. The van der Waals surface area contributed by atoms with Crippen LogP contribution < -0.4 is 10.1 Å². The number of likely N-dealkylation sites (N-methyl/N-ethyl adjacent to an activating group) is 1. The maximum absolute atomic E-state index is 13.6. The molecule has 0 aromatic heterocycles. The molecule has 0 radical (unpaired) electrons. The highest BCUT2D eigenvalue weighted by Crippen LogP contribution is 2.31. The van der Waals surface area contributed by atoms with Crippen molar-refractivity contribution in [3.05, 3.63) is 65.7 Å². The third-order valence-electron chi connectivity index (χ3n) is 4.39. The van der Waals surface area contributed by atoms with E-state index in [0.29, 0.717) is 11.3 Å². The Morgan fingerprint density at radius 2 is 1.96 bits per heavy atom. The lowest BCUT2D eigenvalue weighted by Crippen LogP contribution is -2.41. The summed E-state index contributed by atoms with van der Waals surface area (Å²) in [7, 11) is 1.90. The number of halogens is 2. The first-order valence-electron chi connectivity index (χ1n) is 8.17.